The third kappa shape index (κ3) is 2.82. The van der Waals surface area contributed by atoms with Crippen LogP contribution in [0.1, 0.15) is 11.7 Å². The van der Waals surface area contributed by atoms with Crippen LogP contribution in [0.15, 0.2) is 66.7 Å². The van der Waals surface area contributed by atoms with Gasteiger partial charge in [0.05, 0.1) is 0 Å². The maximum Gasteiger partial charge on any atom is 0.418 e. The molecule has 0 aliphatic carbocycles. The van der Waals surface area contributed by atoms with Crippen LogP contribution >= 0.6 is 0 Å². The molecule has 0 saturated heterocycles. The lowest BCUT2D eigenvalue weighted by atomic mass is 9.89. The number of rotatable bonds is 2. The van der Waals surface area contributed by atoms with Crippen LogP contribution < -0.4 is 0 Å². The Bertz CT molecular complexity index is 1200. The molecule has 0 fully saturated rings. The van der Waals surface area contributed by atoms with Crippen LogP contribution in [-0.4, -0.2) is 21.5 Å². The molecule has 4 aromatic carbocycles. The second kappa shape index (κ2) is 6.42. The molecular weight excluding hydrogens is 369 g/mol. The highest BCUT2D eigenvalue weighted by Crippen LogP contribution is 2.49. The number of aliphatic hydroxyl groups is 1. The molecule has 28 heavy (non-hydrogen) atoms. The van der Waals surface area contributed by atoms with Gasteiger partial charge in [-0.05, 0) is 33.7 Å². The van der Waals surface area contributed by atoms with Gasteiger partial charge in [0, 0.05) is 16.7 Å². The van der Waals surface area contributed by atoms with Crippen LogP contribution in [0.3, 0.4) is 0 Å². The van der Waals surface area contributed by atoms with Gasteiger partial charge in [0.2, 0.25) is 0 Å². The molecule has 0 amide bonds. The number of aliphatic hydroxyl groups excluding tert-OH is 1. The first-order valence-electron chi connectivity index (χ1n) is 8.49. The Labute approximate surface area is 157 Å². The lowest BCUT2D eigenvalue weighted by Crippen LogP contribution is -2.20. The summed E-state index contributed by atoms with van der Waals surface area (Å²) in [5.74, 6) is -0.895. The average Bonchev–Trinajstić information content (AvgIpc) is 2.67. The molecule has 0 aliphatic rings. The fourth-order valence-electron chi connectivity index (χ4n) is 3.52. The Balaban J connectivity index is 2.16. The normalized spacial score (nSPS) is 13.1. The van der Waals surface area contributed by atoms with Gasteiger partial charge in [0.15, 0.2) is 6.10 Å². The molecular formula is C22H15F3O3. The van der Waals surface area contributed by atoms with Crippen LogP contribution in [0, 0.1) is 0 Å². The zero-order valence-electron chi connectivity index (χ0n) is 14.4. The zero-order chi connectivity index (χ0) is 20.1. The summed E-state index contributed by atoms with van der Waals surface area (Å²) < 4.78 is 39.5. The van der Waals surface area contributed by atoms with E-state index in [9.17, 15) is 28.5 Å². The van der Waals surface area contributed by atoms with E-state index in [0.717, 1.165) is 11.5 Å². The molecule has 0 spiro atoms. The van der Waals surface area contributed by atoms with Crippen LogP contribution in [0.2, 0.25) is 0 Å². The molecule has 0 heterocycles. The number of benzene rings is 4. The van der Waals surface area contributed by atoms with Crippen molar-refractivity contribution < 1.29 is 28.5 Å². The van der Waals surface area contributed by atoms with E-state index in [-0.39, 0.29) is 16.9 Å². The van der Waals surface area contributed by atoms with Crippen molar-refractivity contribution in [2.24, 2.45) is 0 Å². The number of hydrogen-bond acceptors (Lipinski definition) is 3. The van der Waals surface area contributed by atoms with Gasteiger partial charge in [-0.1, -0.05) is 54.6 Å². The van der Waals surface area contributed by atoms with E-state index in [1.807, 2.05) is 0 Å². The van der Waals surface area contributed by atoms with E-state index in [0.29, 0.717) is 16.2 Å². The summed E-state index contributed by atoms with van der Waals surface area (Å²) in [5, 5.41) is 33.3. The quantitative estimate of drug-likeness (QED) is 0.417. The van der Waals surface area contributed by atoms with Crippen LogP contribution in [0.4, 0.5) is 13.2 Å². The van der Waals surface area contributed by atoms with Crippen molar-refractivity contribution in [3.05, 3.63) is 72.3 Å². The number of aromatic hydroxyl groups is 2. The van der Waals surface area contributed by atoms with Crippen molar-refractivity contribution in [3.63, 3.8) is 0 Å². The van der Waals surface area contributed by atoms with Crippen molar-refractivity contribution in [3.8, 4) is 22.6 Å². The molecule has 4 rings (SSSR count). The average molecular weight is 384 g/mol. The SMILES string of the molecule is Oc1ccc2ccccc2c1-c1c(O)c(C(O)C(F)(F)F)cc2ccccc12. The summed E-state index contributed by atoms with van der Waals surface area (Å²) in [6, 6.07) is 17.8. The van der Waals surface area contributed by atoms with Gasteiger partial charge in [-0.2, -0.15) is 13.2 Å². The minimum Gasteiger partial charge on any atom is -0.507 e. The molecule has 0 aromatic heterocycles. The number of phenolic OH excluding ortho intramolecular Hbond substituents is 2. The van der Waals surface area contributed by atoms with Gasteiger partial charge in [-0.3, -0.25) is 0 Å². The molecule has 3 nitrogen and oxygen atoms in total. The van der Waals surface area contributed by atoms with Crippen molar-refractivity contribution in [2.75, 3.05) is 0 Å². The molecule has 4 aromatic rings. The molecule has 3 N–H and O–H groups in total. The number of phenols is 2. The summed E-state index contributed by atoms with van der Waals surface area (Å²) in [6.07, 6.45) is -7.80. The summed E-state index contributed by atoms with van der Waals surface area (Å²) >= 11 is 0. The first-order chi connectivity index (χ1) is 13.3. The third-order valence-corrected chi connectivity index (χ3v) is 4.81. The Kier molecular flexibility index (Phi) is 4.16. The molecule has 1 atom stereocenters. The monoisotopic (exact) mass is 384 g/mol. The smallest absolute Gasteiger partial charge is 0.418 e. The number of fused-ring (bicyclic) bond motifs is 2. The lowest BCUT2D eigenvalue weighted by Gasteiger charge is -2.21. The van der Waals surface area contributed by atoms with Gasteiger partial charge in [0.1, 0.15) is 11.5 Å². The molecule has 1 unspecified atom stereocenters. The molecule has 0 aliphatic heterocycles. The van der Waals surface area contributed by atoms with E-state index >= 15 is 0 Å². The van der Waals surface area contributed by atoms with Gasteiger partial charge < -0.3 is 15.3 Å². The summed E-state index contributed by atoms with van der Waals surface area (Å²) in [4.78, 5) is 0. The maximum atomic E-state index is 13.2. The third-order valence-electron chi connectivity index (χ3n) is 4.81. The van der Waals surface area contributed by atoms with E-state index in [1.165, 1.54) is 6.07 Å². The summed E-state index contributed by atoms with van der Waals surface area (Å²) in [7, 11) is 0. The van der Waals surface area contributed by atoms with Crippen molar-refractivity contribution in [1.82, 2.24) is 0 Å². The van der Waals surface area contributed by atoms with E-state index in [4.69, 9.17) is 0 Å². The topological polar surface area (TPSA) is 60.7 Å². The lowest BCUT2D eigenvalue weighted by molar-refractivity contribution is -0.207. The molecule has 0 saturated carbocycles. The molecule has 6 heteroatoms. The molecule has 0 radical (unpaired) electrons. The second-order valence-corrected chi connectivity index (χ2v) is 6.54. The van der Waals surface area contributed by atoms with Crippen molar-refractivity contribution >= 4 is 21.5 Å². The number of halogens is 3. The van der Waals surface area contributed by atoms with Gasteiger partial charge in [0.25, 0.3) is 0 Å². The fourth-order valence-corrected chi connectivity index (χ4v) is 3.52. The summed E-state index contributed by atoms with van der Waals surface area (Å²) in [5.41, 5.74) is -0.401. The highest BCUT2D eigenvalue weighted by molar-refractivity contribution is 6.10. The fraction of sp³-hybridized carbons (Fsp3) is 0.0909. The first kappa shape index (κ1) is 18.1. The van der Waals surface area contributed by atoms with Crippen molar-refractivity contribution in [1.29, 1.82) is 0 Å². The van der Waals surface area contributed by atoms with E-state index < -0.39 is 23.6 Å². The van der Waals surface area contributed by atoms with Crippen molar-refractivity contribution in [2.45, 2.75) is 12.3 Å². The second-order valence-electron chi connectivity index (χ2n) is 6.54. The van der Waals surface area contributed by atoms with Gasteiger partial charge in [-0.15, -0.1) is 0 Å². The maximum absolute atomic E-state index is 13.2. The summed E-state index contributed by atoms with van der Waals surface area (Å²) in [6.45, 7) is 0. The predicted octanol–water partition coefficient (Wildman–Crippen LogP) is 5.67. The minimum absolute atomic E-state index is 0.0469. The molecule has 0 bridgehead atoms. The largest absolute Gasteiger partial charge is 0.507 e. The Morgan fingerprint density at radius 2 is 1.29 bits per heavy atom. The Morgan fingerprint density at radius 3 is 1.93 bits per heavy atom. The van der Waals surface area contributed by atoms with Gasteiger partial charge >= 0.3 is 6.18 Å². The highest BCUT2D eigenvalue weighted by atomic mass is 19.4. The van der Waals surface area contributed by atoms with Crippen LogP contribution in [0.5, 0.6) is 11.5 Å². The molecule has 142 valence electrons. The predicted molar refractivity (Wildman–Crippen MR) is 101 cm³/mol. The first-order valence-corrected chi connectivity index (χ1v) is 8.49. The van der Waals surface area contributed by atoms with E-state index in [2.05, 4.69) is 0 Å². The zero-order valence-corrected chi connectivity index (χ0v) is 14.4. The Hall–Kier alpha value is -3.25. The standard InChI is InChI=1S/C22H15F3O3/c23-22(24,25)21(28)16-11-13-6-2-4-8-15(13)19(20(16)27)18-14-7-3-1-5-12(14)9-10-17(18)26/h1-11,21,26-28H. The van der Waals surface area contributed by atoms with Gasteiger partial charge in [-0.25, -0.2) is 0 Å². The minimum atomic E-state index is -4.95. The highest BCUT2D eigenvalue weighted by Gasteiger charge is 2.41. The van der Waals surface area contributed by atoms with E-state index in [1.54, 1.807) is 54.6 Å². The number of hydrogen-bond donors (Lipinski definition) is 3. The Morgan fingerprint density at radius 1 is 0.714 bits per heavy atom. The van der Waals surface area contributed by atoms with Crippen LogP contribution in [0.25, 0.3) is 32.7 Å². The van der Waals surface area contributed by atoms with Crippen LogP contribution in [-0.2, 0) is 0 Å². The number of alkyl halides is 3.